The molecule has 3 fully saturated rings. The van der Waals surface area contributed by atoms with E-state index in [4.69, 9.17) is 47.4 Å². The van der Waals surface area contributed by atoms with Gasteiger partial charge in [-0.15, -0.1) is 0 Å². The molecule has 0 spiro atoms. The number of fused-ring (bicyclic) bond motifs is 4. The topological polar surface area (TPSA) is 170 Å². The second-order valence-corrected chi connectivity index (χ2v) is 12.7. The molecule has 7 rings (SSSR count). The molecule has 16 heteroatoms. The van der Waals surface area contributed by atoms with Gasteiger partial charge in [0.05, 0.1) is 46.0 Å². The van der Waals surface area contributed by atoms with Crippen molar-refractivity contribution in [1.82, 2.24) is 4.90 Å². The molecule has 15 nitrogen and oxygen atoms in total. The SMILES string of the molecule is COc1cc([C@@H]2c3cc4c(cc3[C@@H](O[C@@H]3O[C@@H]5CO[C@@H](C)O[C@H]5[C@H](O)[C@H]3O)[C@H]3COC(=O)[C@H]23)OCO4)cc(OC)c1OC(=O)CN(C)C.[Y]. The Hall–Kier alpha value is -2.60. The van der Waals surface area contributed by atoms with E-state index in [-0.39, 0.29) is 76.5 Å². The minimum absolute atomic E-state index is 0. The third-order valence-corrected chi connectivity index (χ3v) is 9.39. The van der Waals surface area contributed by atoms with E-state index < -0.39 is 72.8 Å². The molecule has 5 aliphatic rings. The molecule has 0 bridgehead atoms. The van der Waals surface area contributed by atoms with Crippen molar-refractivity contribution in [3.8, 4) is 28.7 Å². The number of rotatable bonds is 8. The first-order valence-corrected chi connectivity index (χ1v) is 15.7. The van der Waals surface area contributed by atoms with Gasteiger partial charge in [-0.05, 0) is 62.0 Å². The van der Waals surface area contributed by atoms with Gasteiger partial charge in [0.1, 0.15) is 24.4 Å². The van der Waals surface area contributed by atoms with Crippen LogP contribution >= 0.6 is 0 Å². The van der Waals surface area contributed by atoms with Crippen LogP contribution in [0.5, 0.6) is 28.7 Å². The number of carbonyl (C=O) groups is 2. The smallest absolute Gasteiger partial charge is 0.325 e. The van der Waals surface area contributed by atoms with Crippen molar-refractivity contribution >= 4 is 11.9 Å². The standard InChI is InChI=1S/C33H39NO14.Y/c1-14-41-12-23-31(45-14)27(36)28(37)33(46-23)48-29-17-9-20-19(43-13-44-20)8-16(17)25(26-18(29)11-42-32(26)38)15-6-21(39-4)30(22(7-15)40-5)47-24(35)10-34(2)3;/h6-9,14,18,23,25-29,31,33,36-37H,10-13H2,1-5H3;/t14-,18+,23-,25-,26+,27-,28-,29-,31-,33+;/m1./s1. The molecule has 2 aromatic rings. The molecule has 2 aromatic carbocycles. The van der Waals surface area contributed by atoms with Gasteiger partial charge in [-0.2, -0.15) is 0 Å². The summed E-state index contributed by atoms with van der Waals surface area (Å²) in [6, 6.07) is 7.01. The number of benzene rings is 2. The van der Waals surface area contributed by atoms with E-state index in [1.54, 1.807) is 50.2 Å². The van der Waals surface area contributed by atoms with Gasteiger partial charge in [0, 0.05) is 44.5 Å². The fourth-order valence-electron chi connectivity index (χ4n) is 7.23. The summed E-state index contributed by atoms with van der Waals surface area (Å²) in [5, 5.41) is 22.1. The molecule has 49 heavy (non-hydrogen) atoms. The Morgan fingerprint density at radius 1 is 0.939 bits per heavy atom. The predicted molar refractivity (Wildman–Crippen MR) is 161 cm³/mol. The first kappa shape index (κ1) is 36.2. The molecular formula is C33H39NO14Y. The van der Waals surface area contributed by atoms with Crippen molar-refractivity contribution in [1.29, 1.82) is 0 Å². The first-order valence-electron chi connectivity index (χ1n) is 15.7. The molecule has 0 unspecified atom stereocenters. The van der Waals surface area contributed by atoms with Gasteiger partial charge in [0.2, 0.25) is 12.5 Å². The fraction of sp³-hybridized carbons (Fsp3) is 0.576. The van der Waals surface area contributed by atoms with E-state index in [1.165, 1.54) is 14.2 Å². The largest absolute Gasteiger partial charge is 0.493 e. The molecule has 3 saturated heterocycles. The van der Waals surface area contributed by atoms with Crippen LogP contribution in [0.1, 0.15) is 35.6 Å². The van der Waals surface area contributed by atoms with Crippen molar-refractivity contribution < 1.29 is 99.9 Å². The summed E-state index contributed by atoms with van der Waals surface area (Å²) in [7, 11) is 6.39. The van der Waals surface area contributed by atoms with E-state index in [1.807, 2.05) is 0 Å². The van der Waals surface area contributed by atoms with E-state index in [0.717, 1.165) is 0 Å². The number of nitrogens with zero attached hydrogens (tertiary/aromatic N) is 1. The second kappa shape index (κ2) is 14.6. The minimum atomic E-state index is -1.46. The van der Waals surface area contributed by atoms with Gasteiger partial charge in [-0.25, -0.2) is 0 Å². The van der Waals surface area contributed by atoms with Crippen LogP contribution in [-0.2, 0) is 66.0 Å². The summed E-state index contributed by atoms with van der Waals surface area (Å²) in [5.41, 5.74) is 1.95. The molecule has 0 aromatic heterocycles. The molecule has 4 heterocycles. The number of ether oxygens (including phenoxy) is 10. The molecule has 4 aliphatic heterocycles. The number of esters is 2. The predicted octanol–water partition coefficient (Wildman–Crippen LogP) is 1.10. The Morgan fingerprint density at radius 3 is 2.27 bits per heavy atom. The molecular weight excluding hydrogens is 723 g/mol. The first-order chi connectivity index (χ1) is 23.1. The number of hydrogen-bond donors (Lipinski definition) is 2. The van der Waals surface area contributed by atoms with Crippen molar-refractivity contribution in [3.05, 3.63) is 41.0 Å². The quantitative estimate of drug-likeness (QED) is 0.290. The van der Waals surface area contributed by atoms with Crippen LogP contribution in [0.4, 0.5) is 0 Å². The van der Waals surface area contributed by atoms with Crippen LogP contribution in [0.2, 0.25) is 0 Å². The average molecular weight is 763 g/mol. The third-order valence-electron chi connectivity index (χ3n) is 9.39. The monoisotopic (exact) mass is 762 g/mol. The molecule has 0 amide bonds. The number of aliphatic hydroxyl groups is 2. The number of hydrogen-bond acceptors (Lipinski definition) is 15. The van der Waals surface area contributed by atoms with Crippen LogP contribution in [0, 0.1) is 11.8 Å². The molecule has 0 saturated carbocycles. The van der Waals surface area contributed by atoms with Crippen molar-refractivity contribution in [2.24, 2.45) is 11.8 Å². The zero-order chi connectivity index (χ0) is 33.9. The van der Waals surface area contributed by atoms with Crippen LogP contribution in [0.15, 0.2) is 24.3 Å². The van der Waals surface area contributed by atoms with Gasteiger partial charge in [-0.1, -0.05) is 0 Å². The van der Waals surface area contributed by atoms with Gasteiger partial charge < -0.3 is 57.6 Å². The molecule has 10 atom stereocenters. The number of likely N-dealkylation sites (N-methyl/N-ethyl adjacent to an activating group) is 1. The van der Waals surface area contributed by atoms with Gasteiger partial charge >= 0.3 is 11.9 Å². The second-order valence-electron chi connectivity index (χ2n) is 12.7. The van der Waals surface area contributed by atoms with Gasteiger partial charge in [-0.3, -0.25) is 14.5 Å². The Bertz CT molecular complexity index is 1550. The Balaban J connectivity index is 0.00000417. The van der Waals surface area contributed by atoms with E-state index in [9.17, 15) is 19.8 Å². The van der Waals surface area contributed by atoms with Gasteiger partial charge in [0.15, 0.2) is 35.6 Å². The molecule has 1 radical (unpaired) electrons. The summed E-state index contributed by atoms with van der Waals surface area (Å²) in [6.07, 6.45) is -6.95. The van der Waals surface area contributed by atoms with Crippen LogP contribution in [0.25, 0.3) is 0 Å². The normalized spacial score (nSPS) is 32.7. The zero-order valence-corrected chi connectivity index (χ0v) is 30.6. The maximum atomic E-state index is 13.6. The summed E-state index contributed by atoms with van der Waals surface area (Å²) in [4.78, 5) is 27.9. The Kier molecular flexibility index (Phi) is 10.8. The van der Waals surface area contributed by atoms with Crippen molar-refractivity contribution in [2.45, 2.75) is 55.9 Å². The maximum Gasteiger partial charge on any atom is 0.325 e. The maximum absolute atomic E-state index is 13.6. The van der Waals surface area contributed by atoms with E-state index in [2.05, 4.69) is 0 Å². The molecule has 2 N–H and O–H groups in total. The molecule has 1 aliphatic carbocycles. The van der Waals surface area contributed by atoms with E-state index >= 15 is 0 Å². The molecule has 263 valence electrons. The van der Waals surface area contributed by atoms with E-state index in [0.29, 0.717) is 28.2 Å². The Labute approximate surface area is 307 Å². The number of methoxy groups -OCH3 is 2. The van der Waals surface area contributed by atoms with Gasteiger partial charge in [0.25, 0.3) is 0 Å². The van der Waals surface area contributed by atoms with Crippen molar-refractivity contribution in [3.63, 3.8) is 0 Å². The van der Waals surface area contributed by atoms with Crippen molar-refractivity contribution in [2.75, 3.05) is 54.9 Å². The number of aliphatic hydroxyl groups excluding tert-OH is 2. The zero-order valence-electron chi connectivity index (χ0n) is 27.7. The average Bonchev–Trinajstić information content (AvgIpc) is 3.68. The summed E-state index contributed by atoms with van der Waals surface area (Å²) < 4.78 is 58.0. The summed E-state index contributed by atoms with van der Waals surface area (Å²) >= 11 is 0. The fourth-order valence-corrected chi connectivity index (χ4v) is 7.23. The summed E-state index contributed by atoms with van der Waals surface area (Å²) in [6.45, 7) is 1.90. The third kappa shape index (κ3) is 6.65. The van der Waals surface area contributed by atoms with Crippen LogP contribution < -0.4 is 23.7 Å². The minimum Gasteiger partial charge on any atom is -0.493 e. The number of cyclic esters (lactones) is 1. The van der Waals surface area contributed by atoms with Crippen LogP contribution in [0.3, 0.4) is 0 Å². The summed E-state index contributed by atoms with van der Waals surface area (Å²) in [5.74, 6) is -1.35. The number of carbonyl (C=O) groups excluding carboxylic acids is 2. The Morgan fingerprint density at radius 2 is 1.61 bits per heavy atom. The van der Waals surface area contributed by atoms with Crippen LogP contribution in [-0.4, -0.2) is 119 Å².